The van der Waals surface area contributed by atoms with Crippen LogP contribution in [-0.2, 0) is 4.79 Å². The monoisotopic (exact) mass is 279 g/mol. The van der Waals surface area contributed by atoms with E-state index in [1.807, 2.05) is 59.5 Å². The molecule has 3 heteroatoms. The average molecular weight is 279 g/mol. The number of carbonyl (C=O) groups excluding carboxylic acids is 1. The Kier molecular flexibility index (Phi) is 3.48. The number of para-hydroxylation sites is 1. The van der Waals surface area contributed by atoms with E-state index in [0.717, 1.165) is 17.0 Å². The summed E-state index contributed by atoms with van der Waals surface area (Å²) in [4.78, 5) is 14.2. The van der Waals surface area contributed by atoms with E-state index in [-0.39, 0.29) is 11.9 Å². The van der Waals surface area contributed by atoms with Gasteiger partial charge in [-0.2, -0.15) is 0 Å². The highest BCUT2D eigenvalue weighted by molar-refractivity contribution is 6.08. The highest BCUT2D eigenvalue weighted by atomic mass is 16.5. The van der Waals surface area contributed by atoms with Crippen LogP contribution in [0.3, 0.4) is 0 Å². The van der Waals surface area contributed by atoms with Gasteiger partial charge in [0.1, 0.15) is 5.75 Å². The van der Waals surface area contributed by atoms with Gasteiger partial charge in [0.05, 0.1) is 13.2 Å². The lowest BCUT2D eigenvalue weighted by Crippen LogP contribution is -2.27. The first-order valence-corrected chi connectivity index (χ1v) is 6.91. The Morgan fingerprint density at radius 3 is 2.38 bits per heavy atom. The van der Waals surface area contributed by atoms with Gasteiger partial charge in [0.2, 0.25) is 0 Å². The number of hydrogen-bond acceptors (Lipinski definition) is 2. The Balaban J connectivity index is 1.99. The molecule has 1 unspecified atom stereocenters. The Labute approximate surface area is 124 Å². The van der Waals surface area contributed by atoms with Crippen molar-refractivity contribution in [3.63, 3.8) is 0 Å². The second-order valence-electron chi connectivity index (χ2n) is 5.11. The molecular formula is C18H17NO2. The van der Waals surface area contributed by atoms with Crippen LogP contribution in [0, 0.1) is 0 Å². The van der Waals surface area contributed by atoms with Gasteiger partial charge in [0.15, 0.2) is 0 Å². The lowest BCUT2D eigenvalue weighted by Gasteiger charge is -2.25. The highest BCUT2D eigenvalue weighted by Crippen LogP contribution is 2.39. The van der Waals surface area contributed by atoms with Gasteiger partial charge in [-0.15, -0.1) is 0 Å². The molecule has 1 atom stereocenters. The molecule has 1 aliphatic rings. The van der Waals surface area contributed by atoms with Crippen LogP contribution in [0.4, 0.5) is 5.69 Å². The van der Waals surface area contributed by atoms with E-state index < -0.39 is 0 Å². The number of carbonyl (C=O) groups is 1. The summed E-state index contributed by atoms with van der Waals surface area (Å²) in [5, 5.41) is 0. The van der Waals surface area contributed by atoms with Crippen LogP contribution in [0.1, 0.15) is 18.0 Å². The molecule has 2 aromatic rings. The predicted octanol–water partition coefficient (Wildman–Crippen LogP) is 3.73. The number of ether oxygens (including phenoxy) is 1. The number of anilines is 1. The highest BCUT2D eigenvalue weighted by Gasteiger charge is 2.35. The van der Waals surface area contributed by atoms with Crippen molar-refractivity contribution in [2.24, 2.45) is 0 Å². The zero-order valence-corrected chi connectivity index (χ0v) is 12.0. The van der Waals surface area contributed by atoms with Crippen LogP contribution in [-0.4, -0.2) is 13.0 Å². The van der Waals surface area contributed by atoms with Gasteiger partial charge < -0.3 is 9.64 Å². The third-order valence-corrected chi connectivity index (χ3v) is 3.81. The van der Waals surface area contributed by atoms with Gasteiger partial charge in [0.25, 0.3) is 5.91 Å². The van der Waals surface area contributed by atoms with Crippen LogP contribution >= 0.6 is 0 Å². The Morgan fingerprint density at radius 2 is 1.76 bits per heavy atom. The Hall–Kier alpha value is -2.55. The summed E-state index contributed by atoms with van der Waals surface area (Å²) in [5.74, 6) is 0.815. The fourth-order valence-electron chi connectivity index (χ4n) is 2.70. The minimum atomic E-state index is -0.00157. The zero-order chi connectivity index (χ0) is 14.8. The molecule has 0 aromatic heterocycles. The molecule has 3 nitrogen and oxygen atoms in total. The Morgan fingerprint density at radius 1 is 1.10 bits per heavy atom. The molecule has 0 saturated carbocycles. The summed E-state index contributed by atoms with van der Waals surface area (Å²) in [6.07, 6.45) is 0.653. The van der Waals surface area contributed by atoms with Gasteiger partial charge in [-0.05, 0) is 29.8 Å². The third-order valence-electron chi connectivity index (χ3n) is 3.81. The summed E-state index contributed by atoms with van der Waals surface area (Å²) < 4.78 is 5.19. The SMILES string of the molecule is C=C1CC(c2ccc(OC)cc2)N(c2ccccc2)C1=O. The van der Waals surface area contributed by atoms with Gasteiger partial charge >= 0.3 is 0 Å². The van der Waals surface area contributed by atoms with Crippen molar-refractivity contribution >= 4 is 11.6 Å². The smallest absolute Gasteiger partial charge is 0.254 e. The third kappa shape index (κ3) is 2.42. The molecule has 0 N–H and O–H groups in total. The van der Waals surface area contributed by atoms with Crippen LogP contribution in [0.25, 0.3) is 0 Å². The number of rotatable bonds is 3. The molecule has 2 aromatic carbocycles. The van der Waals surface area contributed by atoms with E-state index in [9.17, 15) is 4.79 Å². The topological polar surface area (TPSA) is 29.5 Å². The lowest BCUT2D eigenvalue weighted by atomic mass is 10.0. The molecule has 21 heavy (non-hydrogen) atoms. The summed E-state index contributed by atoms with van der Waals surface area (Å²) in [6, 6.07) is 17.6. The van der Waals surface area contributed by atoms with Crippen molar-refractivity contribution in [2.45, 2.75) is 12.5 Å². The maximum atomic E-state index is 12.4. The summed E-state index contributed by atoms with van der Waals surface area (Å²) >= 11 is 0. The normalized spacial score (nSPS) is 18.1. The second kappa shape index (κ2) is 5.44. The molecule has 0 bridgehead atoms. The first-order chi connectivity index (χ1) is 10.2. The first kappa shape index (κ1) is 13.4. The standard InChI is InChI=1S/C18H17NO2/c1-13-12-17(14-8-10-16(21-2)11-9-14)19(18(13)20)15-6-4-3-5-7-15/h3-11,17H,1,12H2,2H3. The van der Waals surface area contributed by atoms with E-state index in [0.29, 0.717) is 12.0 Å². The molecule has 0 aliphatic carbocycles. The number of hydrogen-bond donors (Lipinski definition) is 0. The molecular weight excluding hydrogens is 262 g/mol. The van der Waals surface area contributed by atoms with Gasteiger partial charge in [-0.3, -0.25) is 4.79 Å². The molecule has 1 fully saturated rings. The van der Waals surface area contributed by atoms with E-state index in [2.05, 4.69) is 6.58 Å². The van der Waals surface area contributed by atoms with Crippen molar-refractivity contribution in [1.82, 2.24) is 0 Å². The minimum Gasteiger partial charge on any atom is -0.497 e. The number of nitrogens with zero attached hydrogens (tertiary/aromatic N) is 1. The minimum absolute atomic E-state index is 0.00157. The molecule has 106 valence electrons. The molecule has 0 spiro atoms. The molecule has 3 rings (SSSR count). The van der Waals surface area contributed by atoms with E-state index in [4.69, 9.17) is 4.74 Å². The van der Waals surface area contributed by atoms with E-state index in [1.165, 1.54) is 0 Å². The van der Waals surface area contributed by atoms with E-state index >= 15 is 0 Å². The van der Waals surface area contributed by atoms with Crippen LogP contribution < -0.4 is 9.64 Å². The molecule has 1 amide bonds. The molecule has 1 saturated heterocycles. The van der Waals surface area contributed by atoms with Gasteiger partial charge in [0, 0.05) is 17.7 Å². The fraction of sp³-hybridized carbons (Fsp3) is 0.167. The van der Waals surface area contributed by atoms with Crippen LogP contribution in [0.5, 0.6) is 5.75 Å². The van der Waals surface area contributed by atoms with Crippen LogP contribution in [0.15, 0.2) is 66.7 Å². The van der Waals surface area contributed by atoms with Gasteiger partial charge in [-0.1, -0.05) is 36.9 Å². The summed E-state index contributed by atoms with van der Waals surface area (Å²) in [6.45, 7) is 3.90. The summed E-state index contributed by atoms with van der Waals surface area (Å²) in [5.41, 5.74) is 2.65. The number of methoxy groups -OCH3 is 1. The second-order valence-corrected chi connectivity index (χ2v) is 5.11. The van der Waals surface area contributed by atoms with Crippen molar-refractivity contribution in [3.05, 3.63) is 72.3 Å². The lowest BCUT2D eigenvalue weighted by molar-refractivity contribution is -0.114. The molecule has 0 radical (unpaired) electrons. The van der Waals surface area contributed by atoms with E-state index in [1.54, 1.807) is 7.11 Å². The zero-order valence-electron chi connectivity index (χ0n) is 12.0. The number of benzene rings is 2. The van der Waals surface area contributed by atoms with Crippen LogP contribution in [0.2, 0.25) is 0 Å². The fourth-order valence-corrected chi connectivity index (χ4v) is 2.70. The maximum absolute atomic E-state index is 12.4. The van der Waals surface area contributed by atoms with Crippen molar-refractivity contribution < 1.29 is 9.53 Å². The maximum Gasteiger partial charge on any atom is 0.254 e. The largest absolute Gasteiger partial charge is 0.497 e. The Bertz CT molecular complexity index is 661. The predicted molar refractivity (Wildman–Crippen MR) is 83.4 cm³/mol. The van der Waals surface area contributed by atoms with Gasteiger partial charge in [-0.25, -0.2) is 0 Å². The average Bonchev–Trinajstić information content (AvgIpc) is 2.84. The molecule has 1 aliphatic heterocycles. The summed E-state index contributed by atoms with van der Waals surface area (Å²) in [7, 11) is 1.65. The van der Waals surface area contributed by atoms with Crippen molar-refractivity contribution in [1.29, 1.82) is 0 Å². The molecule has 1 heterocycles. The number of amides is 1. The van der Waals surface area contributed by atoms with Crippen molar-refractivity contribution in [3.8, 4) is 5.75 Å². The first-order valence-electron chi connectivity index (χ1n) is 6.91. The quantitative estimate of drug-likeness (QED) is 0.801. The van der Waals surface area contributed by atoms with Crippen molar-refractivity contribution in [2.75, 3.05) is 12.0 Å².